The van der Waals surface area contributed by atoms with Crippen LogP contribution in [-0.2, 0) is 6.54 Å². The van der Waals surface area contributed by atoms with E-state index >= 15 is 0 Å². The van der Waals surface area contributed by atoms with Crippen LogP contribution in [0.4, 0.5) is 0 Å². The van der Waals surface area contributed by atoms with Gasteiger partial charge in [0, 0.05) is 25.2 Å². The average Bonchev–Trinajstić information content (AvgIpc) is 2.64. The molecule has 0 bridgehead atoms. The molecule has 0 unspecified atom stereocenters. The molecular weight excluding hydrogens is 455 g/mol. The van der Waals surface area contributed by atoms with Crippen molar-refractivity contribution < 1.29 is 9.90 Å². The summed E-state index contributed by atoms with van der Waals surface area (Å²) in [6.07, 6.45) is 0. The molecule has 6 nitrogen and oxygen atoms in total. The zero-order valence-electron chi connectivity index (χ0n) is 15.7. The van der Waals surface area contributed by atoms with Crippen LogP contribution in [-0.4, -0.2) is 36.6 Å². The standard InChI is InChI=1S/C20H26N4O2.HI/c1-3-21-20(24-14-16-6-4-15(2)5-7-16)23-13-12-22-19(26)17-8-10-18(25)11-9-17;/h4-11,25H,3,12-14H2,1-2H3,(H,22,26)(H2,21,23,24);1H. The molecule has 0 spiro atoms. The molecule has 0 aliphatic rings. The lowest BCUT2D eigenvalue weighted by molar-refractivity contribution is 0.0954. The van der Waals surface area contributed by atoms with E-state index in [0.717, 1.165) is 12.1 Å². The molecule has 0 saturated carbocycles. The van der Waals surface area contributed by atoms with Gasteiger partial charge >= 0.3 is 0 Å². The number of aryl methyl sites for hydroxylation is 1. The molecule has 2 aromatic carbocycles. The predicted molar refractivity (Wildman–Crippen MR) is 120 cm³/mol. The highest BCUT2D eigenvalue weighted by molar-refractivity contribution is 14.0. The van der Waals surface area contributed by atoms with Gasteiger partial charge in [0.2, 0.25) is 0 Å². The Morgan fingerprint density at radius 1 is 0.963 bits per heavy atom. The third kappa shape index (κ3) is 8.29. The first-order chi connectivity index (χ1) is 12.6. The van der Waals surface area contributed by atoms with Crippen LogP contribution >= 0.6 is 24.0 Å². The van der Waals surface area contributed by atoms with Crippen molar-refractivity contribution in [3.8, 4) is 5.75 Å². The van der Waals surface area contributed by atoms with Crippen molar-refractivity contribution in [1.29, 1.82) is 0 Å². The van der Waals surface area contributed by atoms with Crippen LogP contribution in [0.25, 0.3) is 0 Å². The number of halogens is 1. The van der Waals surface area contributed by atoms with Crippen molar-refractivity contribution >= 4 is 35.8 Å². The molecular formula is C20H27IN4O2. The smallest absolute Gasteiger partial charge is 0.251 e. The highest BCUT2D eigenvalue weighted by atomic mass is 127. The van der Waals surface area contributed by atoms with Crippen LogP contribution in [0, 0.1) is 6.92 Å². The van der Waals surface area contributed by atoms with Gasteiger partial charge in [-0.1, -0.05) is 29.8 Å². The second-order valence-electron chi connectivity index (χ2n) is 5.91. The van der Waals surface area contributed by atoms with Crippen molar-refractivity contribution in [2.75, 3.05) is 19.6 Å². The fraction of sp³-hybridized carbons (Fsp3) is 0.300. The van der Waals surface area contributed by atoms with Gasteiger partial charge < -0.3 is 21.1 Å². The molecule has 0 heterocycles. The maximum absolute atomic E-state index is 12.0. The molecule has 27 heavy (non-hydrogen) atoms. The Bertz CT molecular complexity index is 731. The van der Waals surface area contributed by atoms with E-state index < -0.39 is 0 Å². The first kappa shape index (κ1) is 22.8. The fourth-order valence-corrected chi connectivity index (χ4v) is 2.28. The second-order valence-corrected chi connectivity index (χ2v) is 5.91. The lowest BCUT2D eigenvalue weighted by Crippen LogP contribution is -2.41. The van der Waals surface area contributed by atoms with E-state index in [1.54, 1.807) is 12.1 Å². The van der Waals surface area contributed by atoms with E-state index in [9.17, 15) is 9.90 Å². The number of aromatic hydroxyl groups is 1. The lowest BCUT2D eigenvalue weighted by atomic mass is 10.1. The fourth-order valence-electron chi connectivity index (χ4n) is 2.28. The summed E-state index contributed by atoms with van der Waals surface area (Å²) < 4.78 is 0. The van der Waals surface area contributed by atoms with Crippen LogP contribution in [0.3, 0.4) is 0 Å². The topological polar surface area (TPSA) is 85.8 Å². The molecule has 0 radical (unpaired) electrons. The van der Waals surface area contributed by atoms with Crippen LogP contribution in [0.1, 0.15) is 28.4 Å². The van der Waals surface area contributed by atoms with Gasteiger partial charge in [0.05, 0.1) is 6.54 Å². The monoisotopic (exact) mass is 482 g/mol. The number of phenolic OH excluding ortho intramolecular Hbond substituents is 1. The minimum Gasteiger partial charge on any atom is -0.508 e. The summed E-state index contributed by atoms with van der Waals surface area (Å²) in [6.45, 7) is 6.45. The SMILES string of the molecule is CCNC(=NCc1ccc(C)cc1)NCCNC(=O)c1ccc(O)cc1.I. The van der Waals surface area contributed by atoms with E-state index in [4.69, 9.17) is 0 Å². The van der Waals surface area contributed by atoms with E-state index in [2.05, 4.69) is 52.1 Å². The summed E-state index contributed by atoms with van der Waals surface area (Å²) in [7, 11) is 0. The molecule has 0 fully saturated rings. The molecule has 146 valence electrons. The molecule has 2 aromatic rings. The summed E-state index contributed by atoms with van der Waals surface area (Å²) in [5.74, 6) is 0.684. The van der Waals surface area contributed by atoms with Crippen molar-refractivity contribution in [2.24, 2.45) is 4.99 Å². The Hall–Kier alpha value is -2.29. The van der Waals surface area contributed by atoms with Crippen molar-refractivity contribution in [2.45, 2.75) is 20.4 Å². The number of hydrogen-bond donors (Lipinski definition) is 4. The number of nitrogens with one attached hydrogen (secondary N) is 3. The third-order valence-electron chi connectivity index (χ3n) is 3.72. The highest BCUT2D eigenvalue weighted by Crippen LogP contribution is 2.09. The number of carbonyl (C=O) groups excluding carboxylic acids is 1. The number of aliphatic imine (C=N–C) groups is 1. The minimum atomic E-state index is -0.173. The predicted octanol–water partition coefficient (Wildman–Crippen LogP) is 2.80. The molecule has 0 atom stereocenters. The number of amides is 1. The van der Waals surface area contributed by atoms with E-state index in [1.165, 1.54) is 17.7 Å². The summed E-state index contributed by atoms with van der Waals surface area (Å²) in [6, 6.07) is 14.5. The van der Waals surface area contributed by atoms with Crippen LogP contribution in [0.2, 0.25) is 0 Å². The number of carbonyl (C=O) groups is 1. The van der Waals surface area contributed by atoms with Gasteiger partial charge in [-0.3, -0.25) is 4.79 Å². The molecule has 4 N–H and O–H groups in total. The van der Waals surface area contributed by atoms with Crippen molar-refractivity contribution in [3.05, 3.63) is 65.2 Å². The van der Waals surface area contributed by atoms with Gasteiger partial charge in [-0.25, -0.2) is 4.99 Å². The number of phenols is 1. The Labute approximate surface area is 177 Å². The maximum atomic E-state index is 12.0. The van der Waals surface area contributed by atoms with E-state index in [0.29, 0.717) is 31.2 Å². The summed E-state index contributed by atoms with van der Waals surface area (Å²) >= 11 is 0. The van der Waals surface area contributed by atoms with Crippen molar-refractivity contribution in [3.63, 3.8) is 0 Å². The van der Waals surface area contributed by atoms with Gasteiger partial charge in [-0.2, -0.15) is 0 Å². The molecule has 2 rings (SSSR count). The van der Waals surface area contributed by atoms with Crippen molar-refractivity contribution in [1.82, 2.24) is 16.0 Å². The number of nitrogens with zero attached hydrogens (tertiary/aromatic N) is 1. The van der Waals surface area contributed by atoms with Gasteiger partial charge in [0.25, 0.3) is 5.91 Å². The molecule has 0 aliphatic carbocycles. The quantitative estimate of drug-likeness (QED) is 0.212. The average molecular weight is 482 g/mol. The zero-order chi connectivity index (χ0) is 18.8. The maximum Gasteiger partial charge on any atom is 0.251 e. The first-order valence-corrected chi connectivity index (χ1v) is 8.73. The molecule has 7 heteroatoms. The van der Waals surface area contributed by atoms with E-state index in [1.807, 2.05) is 6.92 Å². The van der Waals surface area contributed by atoms with Crippen LogP contribution in [0.5, 0.6) is 5.75 Å². The summed E-state index contributed by atoms with van der Waals surface area (Å²) in [5.41, 5.74) is 2.89. The number of rotatable bonds is 7. The van der Waals surface area contributed by atoms with Gasteiger partial charge in [-0.15, -0.1) is 24.0 Å². The van der Waals surface area contributed by atoms with Crippen LogP contribution in [0.15, 0.2) is 53.5 Å². The largest absolute Gasteiger partial charge is 0.508 e. The molecule has 0 aromatic heterocycles. The third-order valence-corrected chi connectivity index (χ3v) is 3.72. The Balaban J connectivity index is 0.00000364. The van der Waals surface area contributed by atoms with E-state index in [-0.39, 0.29) is 35.6 Å². The molecule has 0 aliphatic heterocycles. The number of hydrogen-bond acceptors (Lipinski definition) is 3. The number of benzene rings is 2. The molecule has 1 amide bonds. The zero-order valence-corrected chi connectivity index (χ0v) is 18.0. The van der Waals surface area contributed by atoms with Gasteiger partial charge in [-0.05, 0) is 43.7 Å². The highest BCUT2D eigenvalue weighted by Gasteiger charge is 2.04. The Morgan fingerprint density at radius 3 is 2.22 bits per heavy atom. The summed E-state index contributed by atoms with van der Waals surface area (Å²) in [5, 5.41) is 18.5. The molecule has 0 saturated heterocycles. The first-order valence-electron chi connectivity index (χ1n) is 8.73. The minimum absolute atomic E-state index is 0. The number of guanidine groups is 1. The van der Waals surface area contributed by atoms with Gasteiger partial charge in [0.1, 0.15) is 5.75 Å². The summed E-state index contributed by atoms with van der Waals surface area (Å²) in [4.78, 5) is 16.6. The Kier molecular flexibility index (Phi) is 10.2. The lowest BCUT2D eigenvalue weighted by Gasteiger charge is -2.12. The van der Waals surface area contributed by atoms with Crippen LogP contribution < -0.4 is 16.0 Å². The Morgan fingerprint density at radius 2 is 1.59 bits per heavy atom. The van der Waals surface area contributed by atoms with Gasteiger partial charge in [0.15, 0.2) is 5.96 Å². The normalized spacial score (nSPS) is 10.7. The second kappa shape index (κ2) is 12.2.